The van der Waals surface area contributed by atoms with Gasteiger partial charge in [0.1, 0.15) is 34.2 Å². The van der Waals surface area contributed by atoms with E-state index in [-0.39, 0.29) is 51.3 Å². The SMILES string of the molecule is CC(C)(C)OC(=O)N1CCC[C@H]1c1ncc(C#Cc2ccc(C#Cc3cnc([C@@H]4CCCN4C(=O)OC(C)(C)C)[nH]3)cc2)[nH]1.S.S. The zero-order valence-corrected chi connectivity index (χ0v) is 29.3. The van der Waals surface area contributed by atoms with E-state index in [9.17, 15) is 9.59 Å². The normalized spacial score (nSPS) is 17.5. The van der Waals surface area contributed by atoms with Gasteiger partial charge >= 0.3 is 12.2 Å². The molecule has 0 saturated carbocycles. The molecule has 2 aromatic heterocycles. The topological polar surface area (TPSA) is 116 Å². The first-order valence-corrected chi connectivity index (χ1v) is 15.1. The molecule has 0 radical (unpaired) electrons. The fourth-order valence-corrected chi connectivity index (χ4v) is 5.24. The number of aromatic amines is 2. The fraction of sp³-hybridized carbons (Fsp3) is 0.471. The Balaban J connectivity index is 0.00000288. The molecule has 0 aliphatic carbocycles. The summed E-state index contributed by atoms with van der Waals surface area (Å²) in [5, 5.41) is 0. The summed E-state index contributed by atoms with van der Waals surface area (Å²) >= 11 is 0. The van der Waals surface area contributed by atoms with Crippen molar-refractivity contribution in [2.45, 2.75) is 90.5 Å². The highest BCUT2D eigenvalue weighted by atomic mass is 32.1. The summed E-state index contributed by atoms with van der Waals surface area (Å²) in [7, 11) is 0. The van der Waals surface area contributed by atoms with Crippen LogP contribution in [0.5, 0.6) is 0 Å². The second-order valence-electron chi connectivity index (χ2n) is 13.1. The van der Waals surface area contributed by atoms with Crippen LogP contribution in [0.3, 0.4) is 0 Å². The first kappa shape index (κ1) is 36.5. The second-order valence-corrected chi connectivity index (χ2v) is 13.1. The molecule has 2 fully saturated rings. The number of likely N-dealkylation sites (tertiary alicyclic amines) is 2. The third kappa shape index (κ3) is 9.51. The summed E-state index contributed by atoms with van der Waals surface area (Å²) in [5.41, 5.74) is 1.96. The maximum atomic E-state index is 12.6. The van der Waals surface area contributed by atoms with Gasteiger partial charge in [-0.2, -0.15) is 27.0 Å². The number of aromatic nitrogens is 4. The number of H-pyrrole nitrogens is 2. The van der Waals surface area contributed by atoms with E-state index in [4.69, 9.17) is 9.47 Å². The number of hydrogen-bond donors (Lipinski definition) is 2. The van der Waals surface area contributed by atoms with Crippen molar-refractivity contribution >= 4 is 39.2 Å². The summed E-state index contributed by atoms with van der Waals surface area (Å²) < 4.78 is 11.1. The number of nitrogens with one attached hydrogen (secondary N) is 2. The predicted octanol–water partition coefficient (Wildman–Crippen LogP) is 6.30. The van der Waals surface area contributed by atoms with E-state index in [0.29, 0.717) is 24.5 Å². The number of nitrogens with zero attached hydrogens (tertiary/aromatic N) is 4. The molecule has 2 aliphatic rings. The summed E-state index contributed by atoms with van der Waals surface area (Å²) in [4.78, 5) is 44.3. The monoisotopic (exact) mass is 664 g/mol. The minimum absolute atomic E-state index is 0. The lowest BCUT2D eigenvalue weighted by molar-refractivity contribution is 0.0208. The Morgan fingerprint density at radius 2 is 1.07 bits per heavy atom. The zero-order valence-electron chi connectivity index (χ0n) is 27.3. The molecule has 1 aromatic carbocycles. The second kappa shape index (κ2) is 15.1. The maximum absolute atomic E-state index is 12.6. The van der Waals surface area contributed by atoms with Crippen LogP contribution in [0.25, 0.3) is 0 Å². The molecule has 12 heteroatoms. The van der Waals surface area contributed by atoms with Gasteiger partial charge < -0.3 is 19.4 Å². The van der Waals surface area contributed by atoms with Gasteiger partial charge in [-0.3, -0.25) is 9.80 Å². The molecule has 4 heterocycles. The Hall–Kier alpha value is -4.00. The van der Waals surface area contributed by atoms with Gasteiger partial charge in [0.05, 0.1) is 24.5 Å². The molecule has 10 nitrogen and oxygen atoms in total. The number of amides is 2. The van der Waals surface area contributed by atoms with E-state index >= 15 is 0 Å². The van der Waals surface area contributed by atoms with Crippen molar-refractivity contribution in [1.29, 1.82) is 0 Å². The average Bonchev–Trinajstić information content (AvgIpc) is 3.75. The van der Waals surface area contributed by atoms with Crippen molar-refractivity contribution in [2.75, 3.05) is 13.1 Å². The van der Waals surface area contributed by atoms with Gasteiger partial charge in [0.15, 0.2) is 0 Å². The van der Waals surface area contributed by atoms with Crippen LogP contribution in [0, 0.1) is 23.7 Å². The molecule has 2 saturated heterocycles. The van der Waals surface area contributed by atoms with Crippen LogP contribution in [0.1, 0.15) is 113 Å². The van der Waals surface area contributed by atoms with Crippen molar-refractivity contribution in [3.63, 3.8) is 0 Å². The third-order valence-electron chi connectivity index (χ3n) is 7.15. The number of carbonyl (C=O) groups excluding carboxylic acids is 2. The summed E-state index contributed by atoms with van der Waals surface area (Å²) in [6.07, 6.45) is 6.21. The Bertz CT molecular complexity index is 1510. The molecule has 2 amide bonds. The van der Waals surface area contributed by atoms with E-state index < -0.39 is 11.2 Å². The van der Waals surface area contributed by atoms with E-state index in [2.05, 4.69) is 43.6 Å². The van der Waals surface area contributed by atoms with Crippen LogP contribution in [0.4, 0.5) is 9.59 Å². The lowest BCUT2D eigenvalue weighted by atomic mass is 10.1. The highest BCUT2D eigenvalue weighted by molar-refractivity contribution is 7.59. The molecule has 2 atom stereocenters. The van der Waals surface area contributed by atoms with Crippen LogP contribution in [-0.2, 0) is 9.47 Å². The lowest BCUT2D eigenvalue weighted by Gasteiger charge is -2.27. The maximum Gasteiger partial charge on any atom is 0.410 e. The molecule has 5 rings (SSSR count). The molecule has 46 heavy (non-hydrogen) atoms. The van der Waals surface area contributed by atoms with Crippen LogP contribution in [0.2, 0.25) is 0 Å². The highest BCUT2D eigenvalue weighted by Crippen LogP contribution is 2.32. The number of imidazole rings is 2. The first-order valence-electron chi connectivity index (χ1n) is 15.1. The Morgan fingerprint density at radius 1 is 0.696 bits per heavy atom. The van der Waals surface area contributed by atoms with Gasteiger partial charge in [0.25, 0.3) is 0 Å². The lowest BCUT2D eigenvalue weighted by Crippen LogP contribution is -2.36. The van der Waals surface area contributed by atoms with E-state index in [1.807, 2.05) is 65.8 Å². The largest absolute Gasteiger partial charge is 0.444 e. The van der Waals surface area contributed by atoms with Gasteiger partial charge in [-0.15, -0.1) is 0 Å². The molecule has 2 aliphatic heterocycles. The molecule has 3 aromatic rings. The minimum atomic E-state index is -0.546. The van der Waals surface area contributed by atoms with E-state index in [1.165, 1.54) is 0 Å². The summed E-state index contributed by atoms with van der Waals surface area (Å²) in [5.74, 6) is 14.0. The number of hydrogen-bond acceptors (Lipinski definition) is 6. The smallest absolute Gasteiger partial charge is 0.410 e. The molecule has 246 valence electrons. The fourth-order valence-electron chi connectivity index (χ4n) is 5.24. The van der Waals surface area contributed by atoms with Crippen molar-refractivity contribution in [2.24, 2.45) is 0 Å². The van der Waals surface area contributed by atoms with Crippen molar-refractivity contribution in [1.82, 2.24) is 29.7 Å². The molecule has 0 unspecified atom stereocenters. The number of carbonyl (C=O) groups is 2. The highest BCUT2D eigenvalue weighted by Gasteiger charge is 2.36. The van der Waals surface area contributed by atoms with Crippen LogP contribution >= 0.6 is 27.0 Å². The van der Waals surface area contributed by atoms with Gasteiger partial charge in [-0.1, -0.05) is 11.8 Å². The van der Waals surface area contributed by atoms with Crippen molar-refractivity contribution in [3.05, 3.63) is 70.8 Å². The summed E-state index contributed by atoms with van der Waals surface area (Å²) in [6, 6.07) is 7.39. The number of rotatable bonds is 2. The van der Waals surface area contributed by atoms with Gasteiger partial charge in [-0.05, 0) is 103 Å². The molecule has 0 bridgehead atoms. The minimum Gasteiger partial charge on any atom is -0.444 e. The first-order chi connectivity index (χ1) is 20.8. The molecular formula is C34H44N6O4S2. The van der Waals surface area contributed by atoms with Gasteiger partial charge in [0, 0.05) is 24.2 Å². The van der Waals surface area contributed by atoms with Crippen LogP contribution in [0.15, 0.2) is 36.7 Å². The van der Waals surface area contributed by atoms with Gasteiger partial charge in [0.2, 0.25) is 0 Å². The number of ether oxygens (including phenoxy) is 2. The van der Waals surface area contributed by atoms with Crippen molar-refractivity contribution in [3.8, 4) is 23.7 Å². The molecule has 2 N–H and O–H groups in total. The zero-order chi connectivity index (χ0) is 31.5. The van der Waals surface area contributed by atoms with Crippen LogP contribution < -0.4 is 0 Å². The standard InChI is InChI=1S/C34H40N6O4.2H2S/c1-33(2,3)43-31(41)39-19-7-9-27(39)29-35-21-25(37-29)17-15-23-11-13-24(14-12-23)16-18-26-22-36-30(38-26)28-10-8-20-40(28)32(42)44-34(4,5)6;;/h11-14,21-22,27-28H,7-10,19-20H2,1-6H3,(H,35,37)(H,36,38);2*1H2/t27-,28-;;/m0../s1. The Kier molecular flexibility index (Phi) is 11.9. The molecular weight excluding hydrogens is 621 g/mol. The van der Waals surface area contributed by atoms with E-state index in [0.717, 1.165) is 48.5 Å². The van der Waals surface area contributed by atoms with Crippen molar-refractivity contribution < 1.29 is 19.1 Å². The molecule has 0 spiro atoms. The van der Waals surface area contributed by atoms with E-state index in [1.54, 1.807) is 22.2 Å². The predicted molar refractivity (Wildman–Crippen MR) is 186 cm³/mol. The van der Waals surface area contributed by atoms with Crippen LogP contribution in [-0.4, -0.2) is 66.2 Å². The summed E-state index contributed by atoms with van der Waals surface area (Å²) in [6.45, 7) is 12.5. The Morgan fingerprint density at radius 3 is 1.41 bits per heavy atom. The number of benzene rings is 1. The average molecular weight is 665 g/mol. The van der Waals surface area contributed by atoms with Gasteiger partial charge in [-0.25, -0.2) is 19.6 Å². The third-order valence-corrected chi connectivity index (χ3v) is 7.15. The quantitative estimate of drug-likeness (QED) is 0.311. The Labute approximate surface area is 285 Å².